The Bertz CT molecular complexity index is 1100. The zero-order chi connectivity index (χ0) is 18.4. The van der Waals surface area contributed by atoms with Crippen LogP contribution in [0.4, 0.5) is 5.82 Å². The van der Waals surface area contributed by atoms with Crippen molar-refractivity contribution in [2.45, 2.75) is 26.1 Å². The fraction of sp³-hybridized carbons (Fsp3) is 0.273. The normalized spacial score (nSPS) is 20.4. The van der Waals surface area contributed by atoms with Crippen LogP contribution in [0.25, 0.3) is 33.5 Å². The third-order valence-electron chi connectivity index (χ3n) is 4.95. The molecule has 1 fully saturated rings. The second-order valence-corrected chi connectivity index (χ2v) is 7.18. The molecule has 5 nitrogen and oxygen atoms in total. The Morgan fingerprint density at radius 1 is 0.889 bits per heavy atom. The molecule has 5 heteroatoms. The van der Waals surface area contributed by atoms with Gasteiger partial charge >= 0.3 is 0 Å². The molecular formula is C22H21N3O2. The summed E-state index contributed by atoms with van der Waals surface area (Å²) in [7, 11) is 0. The lowest BCUT2D eigenvalue weighted by Crippen LogP contribution is -2.46. The summed E-state index contributed by atoms with van der Waals surface area (Å²) in [6.07, 6.45) is 0.284. The van der Waals surface area contributed by atoms with Crippen LogP contribution >= 0.6 is 0 Å². The highest BCUT2D eigenvalue weighted by atomic mass is 16.5. The lowest BCUT2D eigenvalue weighted by atomic mass is 10.2. The molecule has 0 saturated carbocycles. The Morgan fingerprint density at radius 3 is 2.37 bits per heavy atom. The second-order valence-electron chi connectivity index (χ2n) is 7.18. The van der Waals surface area contributed by atoms with Gasteiger partial charge in [0.25, 0.3) is 0 Å². The molecule has 2 atom stereocenters. The first-order valence-corrected chi connectivity index (χ1v) is 9.34. The zero-order valence-electron chi connectivity index (χ0n) is 15.4. The number of ether oxygens (including phenoxy) is 1. The molecule has 5 rings (SSSR count). The highest BCUT2D eigenvalue weighted by molar-refractivity contribution is 6.06. The highest BCUT2D eigenvalue weighted by Crippen LogP contribution is 2.35. The maximum atomic E-state index is 6.19. The Labute approximate surface area is 157 Å². The number of aromatic nitrogens is 2. The van der Waals surface area contributed by atoms with Crippen LogP contribution < -0.4 is 4.90 Å². The maximum absolute atomic E-state index is 6.19. The Balaban J connectivity index is 1.77. The van der Waals surface area contributed by atoms with Gasteiger partial charge in [0.05, 0.1) is 12.2 Å². The van der Waals surface area contributed by atoms with Crippen LogP contribution in [0.1, 0.15) is 13.8 Å². The molecular weight excluding hydrogens is 338 g/mol. The van der Waals surface area contributed by atoms with Gasteiger partial charge in [0, 0.05) is 24.0 Å². The van der Waals surface area contributed by atoms with Crippen molar-refractivity contribution in [3.05, 3.63) is 54.6 Å². The average molecular weight is 359 g/mol. The van der Waals surface area contributed by atoms with Gasteiger partial charge in [-0.25, -0.2) is 9.97 Å². The Morgan fingerprint density at radius 2 is 1.59 bits per heavy atom. The topological polar surface area (TPSA) is 51.4 Å². The van der Waals surface area contributed by atoms with Crippen LogP contribution in [0, 0.1) is 0 Å². The largest absolute Gasteiger partial charge is 0.450 e. The van der Waals surface area contributed by atoms with E-state index in [0.29, 0.717) is 0 Å². The fourth-order valence-corrected chi connectivity index (χ4v) is 3.86. The molecule has 1 aliphatic rings. The van der Waals surface area contributed by atoms with Gasteiger partial charge in [-0.15, -0.1) is 0 Å². The summed E-state index contributed by atoms with van der Waals surface area (Å²) >= 11 is 0. The minimum Gasteiger partial charge on any atom is -0.450 e. The molecule has 2 aromatic carbocycles. The third-order valence-corrected chi connectivity index (χ3v) is 4.95. The Hall–Kier alpha value is -2.92. The zero-order valence-corrected chi connectivity index (χ0v) is 15.4. The van der Waals surface area contributed by atoms with E-state index in [1.807, 2.05) is 48.5 Å². The predicted molar refractivity (Wildman–Crippen MR) is 107 cm³/mol. The number of hydrogen-bond donors (Lipinski definition) is 0. The van der Waals surface area contributed by atoms with E-state index < -0.39 is 0 Å². The minimum absolute atomic E-state index is 0.142. The van der Waals surface area contributed by atoms with Crippen molar-refractivity contribution in [1.29, 1.82) is 0 Å². The SMILES string of the molecule is C[C@@H]1CN(c2nc(-c3ccccc3)nc3c2oc2ccccc23)C[C@@H](C)O1. The summed E-state index contributed by atoms with van der Waals surface area (Å²) in [5.41, 5.74) is 3.45. The Kier molecular flexibility index (Phi) is 3.83. The first kappa shape index (κ1) is 16.3. The van der Waals surface area contributed by atoms with E-state index in [1.165, 1.54) is 0 Å². The molecule has 1 aliphatic heterocycles. The van der Waals surface area contributed by atoms with Crippen LogP contribution in [0.3, 0.4) is 0 Å². The van der Waals surface area contributed by atoms with Crippen molar-refractivity contribution in [1.82, 2.24) is 9.97 Å². The van der Waals surface area contributed by atoms with Gasteiger partial charge < -0.3 is 14.1 Å². The molecule has 27 heavy (non-hydrogen) atoms. The van der Waals surface area contributed by atoms with E-state index in [2.05, 4.69) is 24.8 Å². The van der Waals surface area contributed by atoms with Crippen LogP contribution in [0.2, 0.25) is 0 Å². The van der Waals surface area contributed by atoms with Gasteiger partial charge in [0.1, 0.15) is 11.1 Å². The monoisotopic (exact) mass is 359 g/mol. The number of benzene rings is 2. The molecule has 136 valence electrons. The molecule has 3 heterocycles. The number of morpholine rings is 1. The summed E-state index contributed by atoms with van der Waals surface area (Å²) < 4.78 is 12.1. The number of anilines is 1. The second kappa shape index (κ2) is 6.35. The molecule has 1 saturated heterocycles. The van der Waals surface area contributed by atoms with Gasteiger partial charge in [-0.3, -0.25) is 0 Å². The first-order valence-electron chi connectivity index (χ1n) is 9.34. The number of furan rings is 1. The van der Waals surface area contributed by atoms with Gasteiger partial charge in [0.2, 0.25) is 0 Å². The average Bonchev–Trinajstić information content (AvgIpc) is 3.06. The number of hydrogen-bond acceptors (Lipinski definition) is 5. The van der Waals surface area contributed by atoms with Crippen molar-refractivity contribution < 1.29 is 9.15 Å². The predicted octanol–water partition coefficient (Wildman–Crippen LogP) is 4.66. The van der Waals surface area contributed by atoms with Crippen molar-refractivity contribution in [2.24, 2.45) is 0 Å². The van der Waals surface area contributed by atoms with Gasteiger partial charge in [-0.05, 0) is 26.0 Å². The first-order chi connectivity index (χ1) is 13.2. The molecule has 0 spiro atoms. The van der Waals surface area contributed by atoms with E-state index in [9.17, 15) is 0 Å². The summed E-state index contributed by atoms with van der Waals surface area (Å²) in [5, 5.41) is 1.02. The lowest BCUT2D eigenvalue weighted by Gasteiger charge is -2.36. The summed E-state index contributed by atoms with van der Waals surface area (Å²) in [6, 6.07) is 18.1. The number of nitrogens with zero attached hydrogens (tertiary/aromatic N) is 3. The van der Waals surface area contributed by atoms with Crippen molar-refractivity contribution >= 4 is 27.9 Å². The lowest BCUT2D eigenvalue weighted by molar-refractivity contribution is -0.00540. The van der Waals surface area contributed by atoms with Gasteiger partial charge in [-0.1, -0.05) is 42.5 Å². The number of fused-ring (bicyclic) bond motifs is 3. The minimum atomic E-state index is 0.142. The number of rotatable bonds is 2. The summed E-state index contributed by atoms with van der Waals surface area (Å²) in [5.74, 6) is 1.56. The third kappa shape index (κ3) is 2.84. The van der Waals surface area contributed by atoms with Crippen molar-refractivity contribution in [2.75, 3.05) is 18.0 Å². The van der Waals surface area contributed by atoms with E-state index >= 15 is 0 Å². The maximum Gasteiger partial charge on any atom is 0.196 e. The quantitative estimate of drug-likeness (QED) is 0.521. The molecule has 0 bridgehead atoms. The van der Waals surface area contributed by atoms with Crippen LogP contribution in [-0.4, -0.2) is 35.3 Å². The molecule has 2 aromatic heterocycles. The van der Waals surface area contributed by atoms with Crippen LogP contribution in [0.5, 0.6) is 0 Å². The molecule has 0 N–H and O–H groups in total. The molecule has 0 amide bonds. The van der Waals surface area contributed by atoms with E-state index in [0.717, 1.165) is 52.4 Å². The molecule has 0 radical (unpaired) electrons. The fourth-order valence-electron chi connectivity index (χ4n) is 3.86. The van der Waals surface area contributed by atoms with Crippen LogP contribution in [0.15, 0.2) is 59.0 Å². The van der Waals surface area contributed by atoms with Crippen molar-refractivity contribution in [3.8, 4) is 11.4 Å². The van der Waals surface area contributed by atoms with Gasteiger partial charge in [0.15, 0.2) is 17.2 Å². The molecule has 0 aliphatic carbocycles. The van der Waals surface area contributed by atoms with E-state index in [4.69, 9.17) is 19.1 Å². The number of para-hydroxylation sites is 1. The van der Waals surface area contributed by atoms with Crippen molar-refractivity contribution in [3.63, 3.8) is 0 Å². The van der Waals surface area contributed by atoms with Crippen LogP contribution in [-0.2, 0) is 4.74 Å². The molecule has 4 aromatic rings. The molecule has 0 unspecified atom stereocenters. The summed E-state index contributed by atoms with van der Waals surface area (Å²) in [4.78, 5) is 12.1. The van der Waals surface area contributed by atoms with Gasteiger partial charge in [-0.2, -0.15) is 0 Å². The highest BCUT2D eigenvalue weighted by Gasteiger charge is 2.27. The van der Waals surface area contributed by atoms with E-state index in [-0.39, 0.29) is 12.2 Å². The standard InChI is InChI=1S/C22H21N3O2/c1-14-12-25(13-15(2)26-14)22-20-19(17-10-6-7-11-18(17)27-20)23-21(24-22)16-8-4-3-5-9-16/h3-11,14-15H,12-13H2,1-2H3/t14-,15-/m1/s1. The van der Waals surface area contributed by atoms with E-state index in [1.54, 1.807) is 0 Å². The summed E-state index contributed by atoms with van der Waals surface area (Å²) in [6.45, 7) is 5.75. The smallest absolute Gasteiger partial charge is 0.196 e.